The van der Waals surface area contributed by atoms with Crippen molar-refractivity contribution in [3.05, 3.63) is 29.8 Å². The minimum absolute atomic E-state index is 0.190. The van der Waals surface area contributed by atoms with Crippen molar-refractivity contribution in [2.24, 2.45) is 0 Å². The standard InChI is InChI=1S/C14H24N2/c1-5-14(2,10-11-16(3)4)12-8-6-7-9-13(12)15/h6-9H,5,10-11,15H2,1-4H3. The zero-order chi connectivity index (χ0) is 12.2. The van der Waals surface area contributed by atoms with E-state index in [1.54, 1.807) is 0 Å². The number of rotatable bonds is 5. The third-order valence-corrected chi connectivity index (χ3v) is 3.50. The Morgan fingerprint density at radius 2 is 1.88 bits per heavy atom. The van der Waals surface area contributed by atoms with Crippen LogP contribution in [-0.4, -0.2) is 25.5 Å². The summed E-state index contributed by atoms with van der Waals surface area (Å²) in [6.07, 6.45) is 2.26. The molecule has 2 N–H and O–H groups in total. The molecule has 0 saturated carbocycles. The van der Waals surface area contributed by atoms with E-state index in [1.165, 1.54) is 5.56 Å². The molecule has 1 aromatic carbocycles. The predicted octanol–water partition coefficient (Wildman–Crippen LogP) is 2.89. The van der Waals surface area contributed by atoms with E-state index < -0.39 is 0 Å². The summed E-state index contributed by atoms with van der Waals surface area (Å²) in [5.74, 6) is 0. The van der Waals surface area contributed by atoms with Gasteiger partial charge in [-0.25, -0.2) is 0 Å². The van der Waals surface area contributed by atoms with Crippen molar-refractivity contribution in [1.82, 2.24) is 4.90 Å². The summed E-state index contributed by atoms with van der Waals surface area (Å²) >= 11 is 0. The fourth-order valence-corrected chi connectivity index (χ4v) is 2.02. The van der Waals surface area contributed by atoms with Crippen LogP contribution in [0.4, 0.5) is 5.69 Å². The summed E-state index contributed by atoms with van der Waals surface area (Å²) in [6.45, 7) is 5.64. The molecule has 16 heavy (non-hydrogen) atoms. The van der Waals surface area contributed by atoms with Gasteiger partial charge in [0.15, 0.2) is 0 Å². The molecule has 0 saturated heterocycles. The Balaban J connectivity index is 2.91. The van der Waals surface area contributed by atoms with Crippen molar-refractivity contribution < 1.29 is 0 Å². The van der Waals surface area contributed by atoms with Gasteiger partial charge in [0.2, 0.25) is 0 Å². The Labute approximate surface area is 99.5 Å². The molecule has 1 rings (SSSR count). The van der Waals surface area contributed by atoms with Gasteiger partial charge in [0.05, 0.1) is 0 Å². The van der Waals surface area contributed by atoms with Gasteiger partial charge in [-0.1, -0.05) is 32.0 Å². The lowest BCUT2D eigenvalue weighted by atomic mass is 9.76. The maximum absolute atomic E-state index is 6.08. The molecule has 2 nitrogen and oxygen atoms in total. The van der Waals surface area contributed by atoms with Gasteiger partial charge in [0, 0.05) is 5.69 Å². The predicted molar refractivity (Wildman–Crippen MR) is 71.7 cm³/mol. The van der Waals surface area contributed by atoms with Crippen LogP contribution in [0.3, 0.4) is 0 Å². The van der Waals surface area contributed by atoms with E-state index >= 15 is 0 Å². The van der Waals surface area contributed by atoms with Crippen molar-refractivity contribution in [2.75, 3.05) is 26.4 Å². The maximum atomic E-state index is 6.08. The molecule has 0 aromatic heterocycles. The van der Waals surface area contributed by atoms with Crippen LogP contribution in [0.2, 0.25) is 0 Å². The smallest absolute Gasteiger partial charge is 0.0352 e. The van der Waals surface area contributed by atoms with E-state index in [-0.39, 0.29) is 5.41 Å². The van der Waals surface area contributed by atoms with Crippen LogP contribution < -0.4 is 5.73 Å². The lowest BCUT2D eigenvalue weighted by Crippen LogP contribution is -2.28. The fourth-order valence-electron chi connectivity index (χ4n) is 2.02. The first kappa shape index (κ1) is 13.0. The first-order chi connectivity index (χ1) is 7.49. The van der Waals surface area contributed by atoms with E-state index in [1.807, 2.05) is 12.1 Å². The van der Waals surface area contributed by atoms with Crippen molar-refractivity contribution in [1.29, 1.82) is 0 Å². The number of benzene rings is 1. The molecule has 1 unspecified atom stereocenters. The average Bonchev–Trinajstić information content (AvgIpc) is 2.26. The maximum Gasteiger partial charge on any atom is 0.0352 e. The molecule has 2 heteroatoms. The van der Waals surface area contributed by atoms with E-state index in [2.05, 4.69) is 45.0 Å². The molecule has 0 bridgehead atoms. The van der Waals surface area contributed by atoms with Crippen LogP contribution in [-0.2, 0) is 5.41 Å². The first-order valence-electron chi connectivity index (χ1n) is 5.99. The molecular formula is C14H24N2. The highest BCUT2D eigenvalue weighted by Gasteiger charge is 2.26. The summed E-state index contributed by atoms with van der Waals surface area (Å²) in [5.41, 5.74) is 8.48. The molecule has 0 radical (unpaired) electrons. The number of nitrogen functional groups attached to an aromatic ring is 1. The summed E-state index contributed by atoms with van der Waals surface area (Å²) in [5, 5.41) is 0. The molecule has 0 fully saturated rings. The largest absolute Gasteiger partial charge is 0.398 e. The van der Waals surface area contributed by atoms with Crippen LogP contribution in [0.25, 0.3) is 0 Å². The molecule has 0 aliphatic carbocycles. The zero-order valence-electron chi connectivity index (χ0n) is 11.0. The summed E-state index contributed by atoms with van der Waals surface area (Å²) in [6, 6.07) is 8.24. The molecule has 0 amide bonds. The lowest BCUT2D eigenvalue weighted by molar-refractivity contribution is 0.322. The summed E-state index contributed by atoms with van der Waals surface area (Å²) < 4.78 is 0. The highest BCUT2D eigenvalue weighted by molar-refractivity contribution is 5.50. The number of para-hydroxylation sites is 1. The highest BCUT2D eigenvalue weighted by Crippen LogP contribution is 2.34. The Hall–Kier alpha value is -1.02. The fraction of sp³-hybridized carbons (Fsp3) is 0.571. The molecule has 0 heterocycles. The lowest BCUT2D eigenvalue weighted by Gasteiger charge is -2.31. The van der Waals surface area contributed by atoms with Gasteiger partial charge in [-0.15, -0.1) is 0 Å². The van der Waals surface area contributed by atoms with Gasteiger partial charge in [-0.05, 0) is 50.5 Å². The van der Waals surface area contributed by atoms with Gasteiger partial charge >= 0.3 is 0 Å². The van der Waals surface area contributed by atoms with Crippen molar-refractivity contribution >= 4 is 5.69 Å². The summed E-state index contributed by atoms with van der Waals surface area (Å²) in [4.78, 5) is 2.23. The monoisotopic (exact) mass is 220 g/mol. The van der Waals surface area contributed by atoms with E-state index in [0.29, 0.717) is 0 Å². The second-order valence-electron chi connectivity index (χ2n) is 5.05. The third-order valence-electron chi connectivity index (χ3n) is 3.50. The molecule has 0 spiro atoms. The molecule has 0 aliphatic rings. The van der Waals surface area contributed by atoms with Crippen molar-refractivity contribution in [3.63, 3.8) is 0 Å². The summed E-state index contributed by atoms with van der Waals surface area (Å²) in [7, 11) is 4.23. The van der Waals surface area contributed by atoms with Gasteiger partial charge in [0.1, 0.15) is 0 Å². The van der Waals surface area contributed by atoms with Crippen LogP contribution >= 0.6 is 0 Å². The third kappa shape index (κ3) is 2.99. The first-order valence-corrected chi connectivity index (χ1v) is 5.99. The van der Waals surface area contributed by atoms with E-state index in [0.717, 1.165) is 25.1 Å². The Kier molecular flexibility index (Phi) is 4.36. The highest BCUT2D eigenvalue weighted by atomic mass is 15.0. The molecule has 1 atom stereocenters. The Morgan fingerprint density at radius 3 is 2.38 bits per heavy atom. The number of hydrogen-bond acceptors (Lipinski definition) is 2. The SMILES string of the molecule is CCC(C)(CCN(C)C)c1ccccc1N. The van der Waals surface area contributed by atoms with Gasteiger partial charge in [-0.3, -0.25) is 0 Å². The van der Waals surface area contributed by atoms with Crippen molar-refractivity contribution in [2.45, 2.75) is 32.1 Å². The zero-order valence-corrected chi connectivity index (χ0v) is 11.0. The minimum Gasteiger partial charge on any atom is -0.398 e. The van der Waals surface area contributed by atoms with E-state index in [9.17, 15) is 0 Å². The second-order valence-corrected chi connectivity index (χ2v) is 5.05. The molecular weight excluding hydrogens is 196 g/mol. The number of nitrogens with two attached hydrogens (primary N) is 1. The van der Waals surface area contributed by atoms with E-state index in [4.69, 9.17) is 5.73 Å². The van der Waals surface area contributed by atoms with Crippen LogP contribution in [0, 0.1) is 0 Å². The molecule has 90 valence electrons. The minimum atomic E-state index is 0.190. The van der Waals surface area contributed by atoms with Crippen LogP contribution in [0.1, 0.15) is 32.3 Å². The number of hydrogen-bond donors (Lipinski definition) is 1. The van der Waals surface area contributed by atoms with Crippen LogP contribution in [0.5, 0.6) is 0 Å². The Morgan fingerprint density at radius 1 is 1.25 bits per heavy atom. The van der Waals surface area contributed by atoms with Gasteiger partial charge in [-0.2, -0.15) is 0 Å². The topological polar surface area (TPSA) is 29.3 Å². The van der Waals surface area contributed by atoms with Gasteiger partial charge < -0.3 is 10.6 Å². The Bertz CT molecular complexity index is 333. The number of anilines is 1. The van der Waals surface area contributed by atoms with Crippen LogP contribution in [0.15, 0.2) is 24.3 Å². The quantitative estimate of drug-likeness (QED) is 0.773. The van der Waals surface area contributed by atoms with Crippen molar-refractivity contribution in [3.8, 4) is 0 Å². The van der Waals surface area contributed by atoms with Gasteiger partial charge in [0.25, 0.3) is 0 Å². The number of nitrogens with zero attached hydrogens (tertiary/aromatic N) is 1. The molecule has 1 aromatic rings. The molecule has 0 aliphatic heterocycles. The second kappa shape index (κ2) is 5.35. The average molecular weight is 220 g/mol. The normalized spacial score (nSPS) is 15.1.